The molecule has 0 radical (unpaired) electrons. The van der Waals surface area contributed by atoms with Gasteiger partial charge in [0.25, 0.3) is 0 Å². The molecule has 0 bridgehead atoms. The lowest BCUT2D eigenvalue weighted by Gasteiger charge is -2.22. The molecule has 0 aliphatic carbocycles. The van der Waals surface area contributed by atoms with E-state index in [0.717, 1.165) is 18.1 Å². The largest absolute Gasteiger partial charge is 0.435 e. The van der Waals surface area contributed by atoms with Gasteiger partial charge < -0.3 is 15.4 Å². The molecule has 1 fully saturated rings. The average molecular weight is 339 g/mol. The van der Waals surface area contributed by atoms with E-state index >= 15 is 0 Å². The van der Waals surface area contributed by atoms with Crippen LogP contribution in [-0.2, 0) is 4.79 Å². The van der Waals surface area contributed by atoms with Gasteiger partial charge >= 0.3 is 6.61 Å². The number of halogens is 3. The molecule has 4 nitrogen and oxygen atoms in total. The van der Waals surface area contributed by atoms with E-state index in [2.05, 4.69) is 15.4 Å². The molecule has 0 saturated carbocycles. The van der Waals surface area contributed by atoms with Crippen LogP contribution in [0, 0.1) is 0 Å². The predicted octanol–water partition coefficient (Wildman–Crippen LogP) is 2.74. The Hall–Kier alpha value is -1.05. The van der Waals surface area contributed by atoms with Crippen LogP contribution in [0.1, 0.15) is 6.42 Å². The lowest BCUT2D eigenvalue weighted by molar-refractivity contribution is -0.116. The second-order valence-electron chi connectivity index (χ2n) is 4.38. The highest BCUT2D eigenvalue weighted by atomic mass is 35.5. The van der Waals surface area contributed by atoms with Gasteiger partial charge in [0.05, 0.1) is 0 Å². The first kappa shape index (κ1) is 18.0. The van der Waals surface area contributed by atoms with Gasteiger partial charge in [0.2, 0.25) is 5.91 Å². The van der Waals surface area contributed by atoms with Gasteiger partial charge in [0.1, 0.15) is 5.75 Å². The standard InChI is InChI=1S/C13H16F2N2O2S.ClH/c14-13(15)19-11-3-1-9(2-4-11)17-12(18)7-10-8-20-6-5-16-10;/h1-4,10,13,16H,5-8H2,(H,17,18);1H. The summed E-state index contributed by atoms with van der Waals surface area (Å²) >= 11 is 1.83. The van der Waals surface area contributed by atoms with Crippen molar-refractivity contribution in [3.63, 3.8) is 0 Å². The van der Waals surface area contributed by atoms with E-state index in [4.69, 9.17) is 0 Å². The number of carbonyl (C=O) groups excluding carboxylic acids is 1. The highest BCUT2D eigenvalue weighted by Gasteiger charge is 2.16. The Bertz CT molecular complexity index is 442. The summed E-state index contributed by atoms with van der Waals surface area (Å²) in [6.07, 6.45) is 0.405. The second-order valence-corrected chi connectivity index (χ2v) is 5.53. The van der Waals surface area contributed by atoms with Crippen LogP contribution in [0.2, 0.25) is 0 Å². The van der Waals surface area contributed by atoms with Crippen LogP contribution in [-0.4, -0.2) is 36.6 Å². The maximum Gasteiger partial charge on any atom is 0.387 e. The fraction of sp³-hybridized carbons (Fsp3) is 0.462. The summed E-state index contributed by atoms with van der Waals surface area (Å²) in [6.45, 7) is -1.92. The van der Waals surface area contributed by atoms with Crippen molar-refractivity contribution in [1.29, 1.82) is 0 Å². The summed E-state index contributed by atoms with van der Waals surface area (Å²) < 4.78 is 28.2. The molecular weight excluding hydrogens is 322 g/mol. The number of hydrogen-bond acceptors (Lipinski definition) is 4. The van der Waals surface area contributed by atoms with Crippen molar-refractivity contribution >= 4 is 35.8 Å². The second kappa shape index (κ2) is 9.07. The minimum Gasteiger partial charge on any atom is -0.435 e. The third kappa shape index (κ3) is 6.50. The minimum absolute atomic E-state index is 0. The van der Waals surface area contributed by atoms with Gasteiger partial charge in [-0.25, -0.2) is 0 Å². The summed E-state index contributed by atoms with van der Waals surface area (Å²) in [4.78, 5) is 11.8. The molecule has 1 aliphatic rings. The van der Waals surface area contributed by atoms with E-state index in [-0.39, 0.29) is 30.1 Å². The van der Waals surface area contributed by atoms with Crippen LogP contribution < -0.4 is 15.4 Å². The number of anilines is 1. The zero-order valence-corrected chi connectivity index (χ0v) is 12.8. The molecule has 1 saturated heterocycles. The molecule has 0 aromatic heterocycles. The van der Waals surface area contributed by atoms with Crippen LogP contribution in [0.15, 0.2) is 24.3 Å². The van der Waals surface area contributed by atoms with Gasteiger partial charge in [-0.05, 0) is 24.3 Å². The molecule has 0 spiro atoms. The lowest BCUT2D eigenvalue weighted by Crippen LogP contribution is -2.39. The topological polar surface area (TPSA) is 50.4 Å². The van der Waals surface area contributed by atoms with E-state index in [1.165, 1.54) is 12.1 Å². The maximum atomic E-state index is 12.0. The Kier molecular flexibility index (Phi) is 7.77. The summed E-state index contributed by atoms with van der Waals surface area (Å²) in [5.41, 5.74) is 0.570. The quantitative estimate of drug-likeness (QED) is 0.866. The zero-order chi connectivity index (χ0) is 14.4. The summed E-state index contributed by atoms with van der Waals surface area (Å²) in [6, 6.07) is 6.07. The SMILES string of the molecule is Cl.O=C(CC1CSCCN1)Nc1ccc(OC(F)F)cc1. The number of rotatable bonds is 5. The number of nitrogens with one attached hydrogen (secondary N) is 2. The molecule has 1 aromatic carbocycles. The number of amides is 1. The van der Waals surface area contributed by atoms with Gasteiger partial charge in [-0.3, -0.25) is 4.79 Å². The van der Waals surface area contributed by atoms with Crippen molar-refractivity contribution in [3.05, 3.63) is 24.3 Å². The number of carbonyl (C=O) groups is 1. The summed E-state index contributed by atoms with van der Waals surface area (Å²) in [5.74, 6) is 1.98. The van der Waals surface area contributed by atoms with Crippen molar-refractivity contribution < 1.29 is 18.3 Å². The van der Waals surface area contributed by atoms with Crippen molar-refractivity contribution in [1.82, 2.24) is 5.32 Å². The molecule has 2 N–H and O–H groups in total. The molecule has 2 rings (SSSR count). The molecule has 1 atom stereocenters. The highest BCUT2D eigenvalue weighted by Crippen LogP contribution is 2.18. The van der Waals surface area contributed by atoms with Crippen molar-refractivity contribution in [2.75, 3.05) is 23.4 Å². The number of benzene rings is 1. The third-order valence-electron chi connectivity index (χ3n) is 2.79. The van der Waals surface area contributed by atoms with Crippen molar-refractivity contribution in [3.8, 4) is 5.75 Å². The fourth-order valence-corrected chi connectivity index (χ4v) is 2.86. The molecule has 118 valence electrons. The van der Waals surface area contributed by atoms with Crippen LogP contribution in [0.3, 0.4) is 0 Å². The summed E-state index contributed by atoms with van der Waals surface area (Å²) in [5, 5.41) is 6.02. The number of thioether (sulfide) groups is 1. The molecule has 1 amide bonds. The third-order valence-corrected chi connectivity index (χ3v) is 3.92. The zero-order valence-electron chi connectivity index (χ0n) is 11.2. The Morgan fingerprint density at radius 2 is 2.14 bits per heavy atom. The van der Waals surface area contributed by atoms with Crippen molar-refractivity contribution in [2.24, 2.45) is 0 Å². The summed E-state index contributed by atoms with van der Waals surface area (Å²) in [7, 11) is 0. The van der Waals surface area contributed by atoms with E-state index in [1.54, 1.807) is 12.1 Å². The van der Waals surface area contributed by atoms with E-state index in [9.17, 15) is 13.6 Å². The Labute approximate surface area is 132 Å². The minimum atomic E-state index is -2.84. The predicted molar refractivity (Wildman–Crippen MR) is 82.7 cm³/mol. The normalized spacial score (nSPS) is 18.0. The van der Waals surface area contributed by atoms with Crippen LogP contribution >= 0.6 is 24.2 Å². The van der Waals surface area contributed by atoms with Gasteiger partial charge in [0.15, 0.2) is 0 Å². The molecule has 1 heterocycles. The van der Waals surface area contributed by atoms with E-state index in [0.29, 0.717) is 12.1 Å². The molecule has 1 aliphatic heterocycles. The van der Waals surface area contributed by atoms with Gasteiger partial charge in [-0.15, -0.1) is 12.4 Å². The van der Waals surface area contributed by atoms with Crippen molar-refractivity contribution in [2.45, 2.75) is 19.1 Å². The van der Waals surface area contributed by atoms with Gasteiger partial charge in [0, 0.05) is 36.2 Å². The highest BCUT2D eigenvalue weighted by molar-refractivity contribution is 7.99. The number of alkyl halides is 2. The smallest absolute Gasteiger partial charge is 0.387 e. The molecule has 21 heavy (non-hydrogen) atoms. The average Bonchev–Trinajstić information content (AvgIpc) is 2.41. The van der Waals surface area contributed by atoms with E-state index < -0.39 is 6.61 Å². The first-order valence-electron chi connectivity index (χ1n) is 6.29. The molecular formula is C13H17ClF2N2O2S. The molecule has 1 unspecified atom stereocenters. The van der Waals surface area contributed by atoms with Crippen LogP contribution in [0.4, 0.5) is 14.5 Å². The first-order chi connectivity index (χ1) is 9.63. The Morgan fingerprint density at radius 1 is 1.43 bits per heavy atom. The van der Waals surface area contributed by atoms with Gasteiger partial charge in [-0.2, -0.15) is 20.5 Å². The van der Waals surface area contributed by atoms with Gasteiger partial charge in [-0.1, -0.05) is 0 Å². The lowest BCUT2D eigenvalue weighted by atomic mass is 10.2. The number of ether oxygens (including phenoxy) is 1. The maximum absolute atomic E-state index is 12.0. The Morgan fingerprint density at radius 3 is 2.71 bits per heavy atom. The number of hydrogen-bond donors (Lipinski definition) is 2. The fourth-order valence-electron chi connectivity index (χ4n) is 1.91. The Balaban J connectivity index is 0.00000220. The van der Waals surface area contributed by atoms with Crippen LogP contribution in [0.5, 0.6) is 5.75 Å². The van der Waals surface area contributed by atoms with Crippen LogP contribution in [0.25, 0.3) is 0 Å². The monoisotopic (exact) mass is 338 g/mol. The molecule has 1 aromatic rings. The molecule has 8 heteroatoms. The van der Waals surface area contributed by atoms with E-state index in [1.807, 2.05) is 11.8 Å². The first-order valence-corrected chi connectivity index (χ1v) is 7.45.